The molecule has 0 aromatic carbocycles. The van der Waals surface area contributed by atoms with Crippen LogP contribution in [0.15, 0.2) is 24.3 Å². The lowest BCUT2D eigenvalue weighted by atomic mass is 10.0. The van der Waals surface area contributed by atoms with Crippen molar-refractivity contribution >= 4 is 11.9 Å². The number of rotatable bonds is 64. The molecule has 0 spiro atoms. The minimum Gasteiger partial charge on any atom is -0.466 e. The Balaban J connectivity index is 3.30. The van der Waals surface area contributed by atoms with Crippen LogP contribution in [0.2, 0.25) is 0 Å². The van der Waals surface area contributed by atoms with E-state index in [1.165, 1.54) is 295 Å². The van der Waals surface area contributed by atoms with Crippen molar-refractivity contribution in [3.05, 3.63) is 24.3 Å². The Morgan fingerprint density at radius 2 is 0.680 bits per heavy atom. The first kappa shape index (κ1) is 73.3. The first-order valence-electron chi connectivity index (χ1n) is 34.1. The van der Waals surface area contributed by atoms with Gasteiger partial charge >= 0.3 is 5.97 Å². The zero-order valence-electron chi connectivity index (χ0n) is 50.8. The molecule has 0 aromatic rings. The largest absolute Gasteiger partial charge is 0.466 e. The summed E-state index contributed by atoms with van der Waals surface area (Å²) < 4.78 is 5.48. The molecule has 0 aliphatic heterocycles. The molecule has 6 nitrogen and oxygen atoms in total. The third kappa shape index (κ3) is 61.4. The second-order valence-corrected chi connectivity index (χ2v) is 23.5. The van der Waals surface area contributed by atoms with Gasteiger partial charge in [0.2, 0.25) is 5.91 Å². The monoisotopic (exact) mass is 1060 g/mol. The number of nitrogens with one attached hydrogen (secondary N) is 1. The Hall–Kier alpha value is -1.66. The minimum absolute atomic E-state index is 0.00688. The molecule has 0 bridgehead atoms. The molecule has 2 atom stereocenters. The van der Waals surface area contributed by atoms with Crippen LogP contribution < -0.4 is 5.32 Å². The zero-order valence-corrected chi connectivity index (χ0v) is 50.8. The fourth-order valence-electron chi connectivity index (χ4n) is 10.8. The Bertz CT molecular complexity index is 1170. The highest BCUT2D eigenvalue weighted by atomic mass is 16.5. The van der Waals surface area contributed by atoms with Crippen molar-refractivity contribution in [3.63, 3.8) is 0 Å². The van der Waals surface area contributed by atoms with Crippen LogP contribution in [0.3, 0.4) is 0 Å². The molecular formula is C69H133NO5. The van der Waals surface area contributed by atoms with Crippen molar-refractivity contribution in [1.82, 2.24) is 5.32 Å². The Labute approximate surface area is 469 Å². The number of hydrogen-bond donors (Lipinski definition) is 3. The Morgan fingerprint density at radius 3 is 1.05 bits per heavy atom. The number of esters is 1. The van der Waals surface area contributed by atoms with Crippen LogP contribution in [0.1, 0.15) is 380 Å². The maximum Gasteiger partial charge on any atom is 0.305 e. The van der Waals surface area contributed by atoms with Crippen LogP contribution in [0, 0.1) is 0 Å². The van der Waals surface area contributed by atoms with E-state index in [-0.39, 0.29) is 18.5 Å². The summed E-state index contributed by atoms with van der Waals surface area (Å²) >= 11 is 0. The van der Waals surface area contributed by atoms with E-state index < -0.39 is 12.1 Å². The number of carbonyl (C=O) groups excluding carboxylic acids is 2. The van der Waals surface area contributed by atoms with Gasteiger partial charge < -0.3 is 20.3 Å². The fourth-order valence-corrected chi connectivity index (χ4v) is 10.8. The number of carbonyl (C=O) groups is 2. The normalized spacial score (nSPS) is 12.6. The van der Waals surface area contributed by atoms with E-state index in [1.54, 1.807) is 0 Å². The molecule has 75 heavy (non-hydrogen) atoms. The highest BCUT2D eigenvalue weighted by molar-refractivity contribution is 5.76. The van der Waals surface area contributed by atoms with Crippen LogP contribution in [0.4, 0.5) is 0 Å². The smallest absolute Gasteiger partial charge is 0.305 e. The van der Waals surface area contributed by atoms with E-state index in [0.29, 0.717) is 25.9 Å². The summed E-state index contributed by atoms with van der Waals surface area (Å²) in [6.07, 6.45) is 80.9. The van der Waals surface area contributed by atoms with E-state index in [4.69, 9.17) is 4.74 Å². The SMILES string of the molecule is CCCC/C=C\C/C=C\CCCCCCCC(=O)OCCCCCCCCCCCCCCCCCCCCCCCCCCCCCCCCCCC(=O)NC(CO)C(O)CCCCCCCCCCCCCC. The molecule has 3 N–H and O–H groups in total. The third-order valence-electron chi connectivity index (χ3n) is 16.0. The molecule has 0 saturated heterocycles. The molecule has 6 heteroatoms. The molecule has 0 saturated carbocycles. The van der Waals surface area contributed by atoms with E-state index in [9.17, 15) is 19.8 Å². The fraction of sp³-hybridized carbons (Fsp3) is 0.913. The van der Waals surface area contributed by atoms with Gasteiger partial charge in [-0.2, -0.15) is 0 Å². The van der Waals surface area contributed by atoms with Gasteiger partial charge in [-0.1, -0.05) is 340 Å². The van der Waals surface area contributed by atoms with Crippen LogP contribution in [-0.2, 0) is 14.3 Å². The molecule has 0 radical (unpaired) electrons. The molecule has 0 fully saturated rings. The van der Waals surface area contributed by atoms with Gasteiger partial charge in [-0.05, 0) is 51.4 Å². The molecular weight excluding hydrogens is 923 g/mol. The second kappa shape index (κ2) is 64.9. The quantitative estimate of drug-likeness (QED) is 0.0320. The molecule has 1 amide bonds. The highest BCUT2D eigenvalue weighted by Crippen LogP contribution is 2.19. The Morgan fingerprint density at radius 1 is 0.373 bits per heavy atom. The van der Waals surface area contributed by atoms with E-state index >= 15 is 0 Å². The molecule has 0 aliphatic rings. The van der Waals surface area contributed by atoms with E-state index in [2.05, 4.69) is 43.5 Å². The van der Waals surface area contributed by atoms with Crippen molar-refractivity contribution in [3.8, 4) is 0 Å². The second-order valence-electron chi connectivity index (χ2n) is 23.5. The van der Waals surface area contributed by atoms with Crippen molar-refractivity contribution in [2.45, 2.75) is 392 Å². The van der Waals surface area contributed by atoms with Crippen molar-refractivity contribution in [2.24, 2.45) is 0 Å². The number of allylic oxidation sites excluding steroid dienone is 4. The Kier molecular flexibility index (Phi) is 63.4. The number of ether oxygens (including phenoxy) is 1. The standard InChI is InChI=1S/C69H133NO5/c1-3-5-7-9-11-13-15-17-39-43-47-51-55-59-63-69(74)75-64-60-56-52-48-44-40-37-35-33-31-29-27-25-23-21-19-18-20-22-24-26-28-30-32-34-36-38-42-46-50-54-58-62-68(73)70-66(65-71)67(72)61-57-53-49-45-41-16-14-12-10-8-6-4-2/h9,11,15,17,66-67,71-72H,3-8,10,12-14,16,18-65H2,1-2H3,(H,70,73)/b11-9-,17-15-. The van der Waals surface area contributed by atoms with E-state index in [0.717, 1.165) is 51.4 Å². The first-order chi connectivity index (χ1) is 37.0. The number of aliphatic hydroxyl groups excluding tert-OH is 2. The van der Waals surface area contributed by atoms with Gasteiger partial charge in [-0.3, -0.25) is 9.59 Å². The lowest BCUT2D eigenvalue weighted by Crippen LogP contribution is -2.45. The number of hydrogen-bond acceptors (Lipinski definition) is 5. The van der Waals surface area contributed by atoms with Crippen molar-refractivity contribution < 1.29 is 24.5 Å². The highest BCUT2D eigenvalue weighted by Gasteiger charge is 2.20. The van der Waals surface area contributed by atoms with Crippen molar-refractivity contribution in [1.29, 1.82) is 0 Å². The zero-order chi connectivity index (χ0) is 54.3. The molecule has 444 valence electrons. The van der Waals surface area contributed by atoms with Gasteiger partial charge in [-0.25, -0.2) is 0 Å². The topological polar surface area (TPSA) is 95.9 Å². The van der Waals surface area contributed by atoms with Crippen LogP contribution in [0.25, 0.3) is 0 Å². The summed E-state index contributed by atoms with van der Waals surface area (Å²) in [5, 5.41) is 23.3. The third-order valence-corrected chi connectivity index (χ3v) is 16.0. The van der Waals surface area contributed by atoms with Gasteiger partial charge in [0.1, 0.15) is 0 Å². The lowest BCUT2D eigenvalue weighted by molar-refractivity contribution is -0.143. The lowest BCUT2D eigenvalue weighted by Gasteiger charge is -2.22. The summed E-state index contributed by atoms with van der Waals surface area (Å²) in [7, 11) is 0. The predicted molar refractivity (Wildman–Crippen MR) is 329 cm³/mol. The van der Waals surface area contributed by atoms with Gasteiger partial charge in [0, 0.05) is 12.8 Å². The average Bonchev–Trinajstić information content (AvgIpc) is 3.41. The summed E-state index contributed by atoms with van der Waals surface area (Å²) in [5.74, 6) is -0.0222. The molecule has 2 unspecified atom stereocenters. The van der Waals surface area contributed by atoms with Crippen LogP contribution in [-0.4, -0.2) is 47.4 Å². The molecule has 0 aromatic heterocycles. The molecule has 0 rings (SSSR count). The van der Waals surface area contributed by atoms with Crippen molar-refractivity contribution in [2.75, 3.05) is 13.2 Å². The molecule has 0 aliphatic carbocycles. The number of aliphatic hydroxyl groups is 2. The number of unbranched alkanes of at least 4 members (excludes halogenated alkanes) is 49. The summed E-state index contributed by atoms with van der Waals surface area (Å²) in [6.45, 7) is 4.93. The summed E-state index contributed by atoms with van der Waals surface area (Å²) in [5.41, 5.74) is 0. The van der Waals surface area contributed by atoms with Gasteiger partial charge in [-0.15, -0.1) is 0 Å². The number of amides is 1. The minimum atomic E-state index is -0.659. The van der Waals surface area contributed by atoms with E-state index in [1.807, 2.05) is 0 Å². The molecule has 0 heterocycles. The van der Waals surface area contributed by atoms with Gasteiger partial charge in [0.15, 0.2) is 0 Å². The average molecular weight is 1060 g/mol. The van der Waals surface area contributed by atoms with Gasteiger partial charge in [0.05, 0.1) is 25.4 Å². The van der Waals surface area contributed by atoms with Crippen LogP contribution in [0.5, 0.6) is 0 Å². The maximum absolute atomic E-state index is 12.5. The first-order valence-corrected chi connectivity index (χ1v) is 34.1. The summed E-state index contributed by atoms with van der Waals surface area (Å²) in [6, 6.07) is -0.536. The van der Waals surface area contributed by atoms with Crippen LogP contribution >= 0.6 is 0 Å². The predicted octanol–water partition coefficient (Wildman–Crippen LogP) is 21.8. The van der Waals surface area contributed by atoms with Gasteiger partial charge in [0.25, 0.3) is 0 Å². The maximum atomic E-state index is 12.5. The summed E-state index contributed by atoms with van der Waals surface area (Å²) in [4.78, 5) is 24.5.